The molecule has 0 aliphatic rings. The predicted octanol–water partition coefficient (Wildman–Crippen LogP) is 2.70. The van der Waals surface area contributed by atoms with Crippen molar-refractivity contribution in [3.05, 3.63) is 53.3 Å². The highest BCUT2D eigenvalue weighted by Crippen LogP contribution is 2.23. The van der Waals surface area contributed by atoms with Crippen molar-refractivity contribution in [3.8, 4) is 0 Å². The molecule has 0 spiro atoms. The summed E-state index contributed by atoms with van der Waals surface area (Å²) >= 11 is 0. The van der Waals surface area contributed by atoms with Crippen LogP contribution in [0.5, 0.6) is 0 Å². The van der Waals surface area contributed by atoms with Gasteiger partial charge in [-0.05, 0) is 18.1 Å². The smallest absolute Gasteiger partial charge is 0.269 e. The number of amides is 2. The number of anilines is 1. The Labute approximate surface area is 151 Å². The van der Waals surface area contributed by atoms with Crippen LogP contribution in [0.3, 0.4) is 0 Å². The largest absolute Gasteiger partial charge is 0.354 e. The average Bonchev–Trinajstić information content (AvgIpc) is 3.00. The monoisotopic (exact) mass is 351 g/mol. The minimum absolute atomic E-state index is 0.195. The molecule has 26 heavy (non-hydrogen) atoms. The SMILES string of the molecule is CNC(=O)c1cc(NC(=O)c2cc(C(C)C)nc3ccccc23)nn1C. The van der Waals surface area contributed by atoms with Gasteiger partial charge in [-0.1, -0.05) is 32.0 Å². The average molecular weight is 351 g/mol. The van der Waals surface area contributed by atoms with Gasteiger partial charge in [-0.15, -0.1) is 0 Å². The molecular weight excluding hydrogens is 330 g/mol. The number of carbonyl (C=O) groups excluding carboxylic acids is 2. The van der Waals surface area contributed by atoms with Crippen LogP contribution in [0.25, 0.3) is 10.9 Å². The van der Waals surface area contributed by atoms with Crippen molar-refractivity contribution >= 4 is 28.5 Å². The van der Waals surface area contributed by atoms with Crippen LogP contribution in [0, 0.1) is 0 Å². The van der Waals surface area contributed by atoms with E-state index in [1.54, 1.807) is 20.2 Å². The van der Waals surface area contributed by atoms with Gasteiger partial charge in [0.1, 0.15) is 5.69 Å². The maximum Gasteiger partial charge on any atom is 0.269 e. The Kier molecular flexibility index (Phi) is 4.71. The highest BCUT2D eigenvalue weighted by atomic mass is 16.2. The van der Waals surface area contributed by atoms with Gasteiger partial charge in [-0.25, -0.2) is 0 Å². The number of carbonyl (C=O) groups is 2. The lowest BCUT2D eigenvalue weighted by atomic mass is 10.0. The maximum atomic E-state index is 12.9. The minimum atomic E-state index is -0.285. The summed E-state index contributed by atoms with van der Waals surface area (Å²) in [5, 5.41) is 10.3. The van der Waals surface area contributed by atoms with Gasteiger partial charge in [0.25, 0.3) is 11.8 Å². The lowest BCUT2D eigenvalue weighted by Crippen LogP contribution is -2.20. The molecule has 7 heteroatoms. The fourth-order valence-electron chi connectivity index (χ4n) is 2.73. The van der Waals surface area contributed by atoms with Crippen LogP contribution >= 0.6 is 0 Å². The second-order valence-corrected chi connectivity index (χ2v) is 6.34. The number of rotatable bonds is 4. The van der Waals surface area contributed by atoms with Crippen molar-refractivity contribution in [1.82, 2.24) is 20.1 Å². The summed E-state index contributed by atoms with van der Waals surface area (Å²) in [6.07, 6.45) is 0. The molecule has 3 rings (SSSR count). The van der Waals surface area contributed by atoms with Gasteiger partial charge in [0.2, 0.25) is 0 Å². The maximum absolute atomic E-state index is 12.9. The predicted molar refractivity (Wildman–Crippen MR) is 100 cm³/mol. The molecule has 2 aromatic heterocycles. The second kappa shape index (κ2) is 6.95. The van der Waals surface area contributed by atoms with E-state index in [-0.39, 0.29) is 17.7 Å². The quantitative estimate of drug-likeness (QED) is 0.756. The number of hydrogen-bond donors (Lipinski definition) is 2. The highest BCUT2D eigenvalue weighted by molar-refractivity contribution is 6.12. The van der Waals surface area contributed by atoms with Gasteiger partial charge in [-0.2, -0.15) is 5.10 Å². The Morgan fingerprint density at radius 1 is 1.12 bits per heavy atom. The van der Waals surface area contributed by atoms with Crippen LogP contribution in [-0.2, 0) is 7.05 Å². The Morgan fingerprint density at radius 2 is 1.85 bits per heavy atom. The van der Waals surface area contributed by atoms with Crippen LogP contribution in [0.4, 0.5) is 5.82 Å². The molecule has 2 heterocycles. The Bertz CT molecular complexity index is 991. The molecular formula is C19H21N5O2. The van der Waals surface area contributed by atoms with Crippen molar-refractivity contribution in [2.24, 2.45) is 7.05 Å². The number of para-hydroxylation sites is 1. The molecule has 0 saturated carbocycles. The molecule has 2 N–H and O–H groups in total. The second-order valence-electron chi connectivity index (χ2n) is 6.34. The number of nitrogens with one attached hydrogen (secondary N) is 2. The topological polar surface area (TPSA) is 88.9 Å². The summed E-state index contributed by atoms with van der Waals surface area (Å²) < 4.78 is 1.43. The van der Waals surface area contributed by atoms with Gasteiger partial charge in [-0.3, -0.25) is 19.3 Å². The van der Waals surface area contributed by atoms with Crippen LogP contribution in [-0.4, -0.2) is 33.6 Å². The number of benzene rings is 1. The van der Waals surface area contributed by atoms with Crippen molar-refractivity contribution in [2.45, 2.75) is 19.8 Å². The van der Waals surface area contributed by atoms with E-state index >= 15 is 0 Å². The zero-order valence-electron chi connectivity index (χ0n) is 15.2. The molecule has 134 valence electrons. The lowest BCUT2D eigenvalue weighted by molar-refractivity contribution is 0.0953. The van der Waals surface area contributed by atoms with Crippen LogP contribution < -0.4 is 10.6 Å². The Hall–Kier alpha value is -3.22. The van der Waals surface area contributed by atoms with Crippen molar-refractivity contribution in [1.29, 1.82) is 0 Å². The van der Waals surface area contributed by atoms with E-state index in [1.807, 2.05) is 44.2 Å². The van der Waals surface area contributed by atoms with E-state index in [4.69, 9.17) is 0 Å². The summed E-state index contributed by atoms with van der Waals surface area (Å²) in [6, 6.07) is 10.9. The molecule has 0 atom stereocenters. The number of hydrogen-bond acceptors (Lipinski definition) is 4. The number of fused-ring (bicyclic) bond motifs is 1. The molecule has 3 aromatic rings. The molecule has 0 unspecified atom stereocenters. The van der Waals surface area contributed by atoms with E-state index in [9.17, 15) is 9.59 Å². The lowest BCUT2D eigenvalue weighted by Gasteiger charge is -2.11. The molecule has 2 amide bonds. The summed E-state index contributed by atoms with van der Waals surface area (Å²) in [5.74, 6) is -0.0343. The van der Waals surface area contributed by atoms with Crippen LogP contribution in [0.2, 0.25) is 0 Å². The Morgan fingerprint density at radius 3 is 2.54 bits per heavy atom. The number of nitrogens with zero attached hydrogens (tertiary/aromatic N) is 3. The van der Waals surface area contributed by atoms with Gasteiger partial charge in [0, 0.05) is 31.2 Å². The first-order valence-electron chi connectivity index (χ1n) is 8.38. The number of aryl methyl sites for hydroxylation is 1. The van der Waals surface area contributed by atoms with Gasteiger partial charge < -0.3 is 10.6 Å². The highest BCUT2D eigenvalue weighted by Gasteiger charge is 2.17. The normalized spacial score (nSPS) is 11.0. The van der Waals surface area contributed by atoms with E-state index in [2.05, 4.69) is 20.7 Å². The molecule has 0 bridgehead atoms. The molecule has 7 nitrogen and oxygen atoms in total. The third kappa shape index (κ3) is 3.28. The number of pyridine rings is 1. The summed E-state index contributed by atoms with van der Waals surface area (Å²) in [7, 11) is 3.20. The van der Waals surface area contributed by atoms with Gasteiger partial charge in [0.15, 0.2) is 5.82 Å². The van der Waals surface area contributed by atoms with Crippen molar-refractivity contribution in [3.63, 3.8) is 0 Å². The van der Waals surface area contributed by atoms with E-state index in [1.165, 1.54) is 4.68 Å². The third-order valence-corrected chi connectivity index (χ3v) is 4.15. The molecule has 0 radical (unpaired) electrons. The molecule has 1 aromatic carbocycles. The first kappa shape index (κ1) is 17.6. The van der Waals surface area contributed by atoms with Crippen LogP contribution in [0.15, 0.2) is 36.4 Å². The number of aromatic nitrogens is 3. The van der Waals surface area contributed by atoms with Crippen molar-refractivity contribution < 1.29 is 9.59 Å². The fraction of sp³-hybridized carbons (Fsp3) is 0.263. The molecule has 0 aliphatic heterocycles. The third-order valence-electron chi connectivity index (χ3n) is 4.15. The van der Waals surface area contributed by atoms with E-state index in [0.29, 0.717) is 17.1 Å². The molecule has 0 fully saturated rings. The van der Waals surface area contributed by atoms with E-state index in [0.717, 1.165) is 16.6 Å². The zero-order chi connectivity index (χ0) is 18.8. The zero-order valence-corrected chi connectivity index (χ0v) is 15.2. The van der Waals surface area contributed by atoms with E-state index < -0.39 is 0 Å². The van der Waals surface area contributed by atoms with Crippen LogP contribution in [0.1, 0.15) is 46.3 Å². The molecule has 0 saturated heterocycles. The van der Waals surface area contributed by atoms with Gasteiger partial charge >= 0.3 is 0 Å². The fourth-order valence-corrected chi connectivity index (χ4v) is 2.73. The summed E-state index contributed by atoms with van der Waals surface area (Å²) in [4.78, 5) is 29.3. The van der Waals surface area contributed by atoms with Gasteiger partial charge in [0.05, 0.1) is 11.1 Å². The Balaban J connectivity index is 1.99. The first-order valence-corrected chi connectivity index (χ1v) is 8.38. The standard InChI is InChI=1S/C19H21N5O2/c1-11(2)15-9-13(12-7-5-6-8-14(12)21-15)18(25)22-17-10-16(19(26)20-3)24(4)23-17/h5-11H,1-4H3,(H,20,26)(H,22,23,25). The van der Waals surface area contributed by atoms with Crippen molar-refractivity contribution in [2.75, 3.05) is 12.4 Å². The summed E-state index contributed by atoms with van der Waals surface area (Å²) in [5.41, 5.74) is 2.52. The minimum Gasteiger partial charge on any atom is -0.354 e. The molecule has 0 aliphatic carbocycles. The summed E-state index contributed by atoms with van der Waals surface area (Å²) in [6.45, 7) is 4.07. The first-order chi connectivity index (χ1) is 12.4.